The molecule has 0 saturated carbocycles. The van der Waals surface area contributed by atoms with E-state index in [-0.39, 0.29) is 35.8 Å². The molecule has 0 N–H and O–H groups in total. The number of amides is 2. The van der Waals surface area contributed by atoms with Crippen molar-refractivity contribution in [2.24, 2.45) is 0 Å². The van der Waals surface area contributed by atoms with Crippen LogP contribution in [-0.4, -0.2) is 79.0 Å². The molecule has 2 aromatic rings. The molecular weight excluding hydrogens is 514 g/mol. The van der Waals surface area contributed by atoms with Crippen LogP contribution in [0.3, 0.4) is 0 Å². The number of benzene rings is 2. The van der Waals surface area contributed by atoms with Gasteiger partial charge >= 0.3 is 0 Å². The summed E-state index contributed by atoms with van der Waals surface area (Å²) in [5.74, 6) is 0.335. The van der Waals surface area contributed by atoms with E-state index in [1.807, 2.05) is 31.2 Å². The fourth-order valence-electron chi connectivity index (χ4n) is 4.51. The van der Waals surface area contributed by atoms with Crippen LogP contribution in [0.1, 0.15) is 38.7 Å². The highest BCUT2D eigenvalue weighted by atomic mass is 35.5. The molecule has 0 bridgehead atoms. The lowest BCUT2D eigenvalue weighted by Gasteiger charge is -2.39. The van der Waals surface area contributed by atoms with E-state index in [2.05, 4.69) is 0 Å². The van der Waals surface area contributed by atoms with Gasteiger partial charge in [0, 0.05) is 32.2 Å². The van der Waals surface area contributed by atoms with Gasteiger partial charge in [0.15, 0.2) is 0 Å². The van der Waals surface area contributed by atoms with Crippen LogP contribution in [0.25, 0.3) is 0 Å². The van der Waals surface area contributed by atoms with Crippen LogP contribution in [0.4, 0.5) is 0 Å². The lowest BCUT2D eigenvalue weighted by Crippen LogP contribution is -2.52. The summed E-state index contributed by atoms with van der Waals surface area (Å²) in [5, 5.41) is -0.598. The van der Waals surface area contributed by atoms with Crippen molar-refractivity contribution in [3.63, 3.8) is 0 Å². The van der Waals surface area contributed by atoms with E-state index in [9.17, 15) is 18.0 Å². The number of ether oxygens (including phenoxy) is 1. The molecule has 10 heteroatoms. The van der Waals surface area contributed by atoms with Crippen molar-refractivity contribution < 1.29 is 22.7 Å². The Labute approximate surface area is 225 Å². The predicted octanol–water partition coefficient (Wildman–Crippen LogP) is 3.74. The highest BCUT2D eigenvalue weighted by Crippen LogP contribution is 2.23. The number of likely N-dealkylation sites (tertiary alicyclic amines) is 1. The van der Waals surface area contributed by atoms with Crippen molar-refractivity contribution in [2.75, 3.05) is 33.3 Å². The number of halogens is 1. The van der Waals surface area contributed by atoms with Crippen LogP contribution in [0.15, 0.2) is 59.5 Å². The second kappa shape index (κ2) is 13.3. The minimum atomic E-state index is -3.83. The first-order chi connectivity index (χ1) is 17.7. The molecule has 2 aromatic carbocycles. The first-order valence-corrected chi connectivity index (χ1v) is 14.5. The number of carbonyl (C=O) groups excluding carboxylic acids is 2. The van der Waals surface area contributed by atoms with Crippen LogP contribution >= 0.6 is 11.6 Å². The molecular formula is C27H36ClN3O5S. The Balaban J connectivity index is 1.83. The Morgan fingerprint density at radius 3 is 2.24 bits per heavy atom. The first kappa shape index (κ1) is 28.9. The van der Waals surface area contributed by atoms with Crippen LogP contribution in [0.2, 0.25) is 0 Å². The van der Waals surface area contributed by atoms with Crippen LogP contribution in [0, 0.1) is 0 Å². The van der Waals surface area contributed by atoms with E-state index in [1.54, 1.807) is 54.2 Å². The first-order valence-electron chi connectivity index (χ1n) is 12.6. The van der Waals surface area contributed by atoms with Crippen molar-refractivity contribution in [3.8, 4) is 5.75 Å². The molecule has 0 aliphatic carbocycles. The van der Waals surface area contributed by atoms with Crippen molar-refractivity contribution in [3.05, 3.63) is 60.2 Å². The molecule has 8 nitrogen and oxygen atoms in total. The topological polar surface area (TPSA) is 87.2 Å². The smallest absolute Gasteiger partial charge is 0.243 e. The van der Waals surface area contributed by atoms with Gasteiger partial charge in [-0.05, 0) is 56.0 Å². The maximum absolute atomic E-state index is 13.8. The van der Waals surface area contributed by atoms with Gasteiger partial charge < -0.3 is 14.5 Å². The normalized spacial score (nSPS) is 15.4. The van der Waals surface area contributed by atoms with Crippen LogP contribution < -0.4 is 4.74 Å². The minimum Gasteiger partial charge on any atom is -0.497 e. The van der Waals surface area contributed by atoms with Gasteiger partial charge in [-0.2, -0.15) is 4.31 Å². The van der Waals surface area contributed by atoms with Gasteiger partial charge in [-0.3, -0.25) is 9.59 Å². The summed E-state index contributed by atoms with van der Waals surface area (Å²) in [6, 6.07) is 15.5. The van der Waals surface area contributed by atoms with E-state index >= 15 is 0 Å². The van der Waals surface area contributed by atoms with Gasteiger partial charge in [-0.1, -0.05) is 37.3 Å². The lowest BCUT2D eigenvalue weighted by atomic mass is 10.0. The molecule has 2 amide bonds. The summed E-state index contributed by atoms with van der Waals surface area (Å²) in [5.41, 5.74) is 0.912. The molecule has 202 valence electrons. The van der Waals surface area contributed by atoms with E-state index < -0.39 is 15.4 Å². The zero-order chi connectivity index (χ0) is 27.0. The minimum absolute atomic E-state index is 0.115. The second-order valence-corrected chi connectivity index (χ2v) is 11.8. The number of alkyl halides is 1. The Hall–Kier alpha value is -2.62. The van der Waals surface area contributed by atoms with E-state index in [1.165, 1.54) is 4.31 Å². The summed E-state index contributed by atoms with van der Waals surface area (Å²) < 4.78 is 33.2. The molecule has 1 aliphatic heterocycles. The molecule has 37 heavy (non-hydrogen) atoms. The number of methoxy groups -OCH3 is 1. The quantitative estimate of drug-likeness (QED) is 0.398. The third-order valence-corrected chi connectivity index (χ3v) is 8.60. The number of sulfonamides is 1. The Morgan fingerprint density at radius 2 is 1.70 bits per heavy atom. The van der Waals surface area contributed by atoms with Gasteiger partial charge in [0.05, 0.1) is 18.6 Å². The fraction of sp³-hybridized carbons (Fsp3) is 0.481. The summed E-state index contributed by atoms with van der Waals surface area (Å²) in [4.78, 5) is 29.8. The van der Waals surface area contributed by atoms with Gasteiger partial charge in [0.2, 0.25) is 21.8 Å². The van der Waals surface area contributed by atoms with Crippen LogP contribution in [-0.2, 0) is 26.2 Å². The molecule has 1 unspecified atom stereocenters. The largest absolute Gasteiger partial charge is 0.497 e. The average molecular weight is 550 g/mol. The highest BCUT2D eigenvalue weighted by Gasteiger charge is 2.33. The summed E-state index contributed by atoms with van der Waals surface area (Å²) in [6.45, 7) is 4.85. The zero-order valence-electron chi connectivity index (χ0n) is 21.7. The third-order valence-electron chi connectivity index (χ3n) is 6.56. The Kier molecular flexibility index (Phi) is 10.4. The Bertz CT molecular complexity index is 1130. The maximum atomic E-state index is 13.8. The number of rotatable bonds is 11. The molecule has 1 heterocycles. The molecule has 3 rings (SSSR count). The molecule has 1 fully saturated rings. The number of hydrogen-bond acceptors (Lipinski definition) is 5. The molecule has 1 atom stereocenters. The number of piperidine rings is 1. The standard InChI is InChI=1S/C27H36ClN3O5S/c1-4-16-30(37(34,35)25-8-6-5-7-9-25)20-26(32)31(19-22-10-12-24(36-3)13-11-22)23-14-17-29(18-15-23)27(33)21(2)28/h5-13,21,23H,4,14-20H2,1-3H3. The van der Waals surface area contributed by atoms with Gasteiger partial charge in [0.25, 0.3) is 0 Å². The second-order valence-electron chi connectivity index (χ2n) is 9.19. The van der Waals surface area contributed by atoms with E-state index in [0.717, 1.165) is 5.56 Å². The number of nitrogens with zero attached hydrogens (tertiary/aromatic N) is 3. The summed E-state index contributed by atoms with van der Waals surface area (Å²) in [7, 11) is -2.24. The number of hydrogen-bond donors (Lipinski definition) is 0. The van der Waals surface area contributed by atoms with Gasteiger partial charge in [-0.15, -0.1) is 11.6 Å². The SMILES string of the molecule is CCCN(CC(=O)N(Cc1ccc(OC)cc1)C1CCN(C(=O)C(C)Cl)CC1)S(=O)(=O)c1ccccc1. The third kappa shape index (κ3) is 7.46. The molecule has 0 radical (unpaired) electrons. The summed E-state index contributed by atoms with van der Waals surface area (Å²) in [6.07, 6.45) is 1.77. The number of carbonyl (C=O) groups is 2. The average Bonchev–Trinajstić information content (AvgIpc) is 2.91. The fourth-order valence-corrected chi connectivity index (χ4v) is 6.16. The lowest BCUT2D eigenvalue weighted by molar-refractivity contribution is -0.137. The van der Waals surface area contributed by atoms with E-state index in [4.69, 9.17) is 16.3 Å². The highest BCUT2D eigenvalue weighted by molar-refractivity contribution is 7.89. The molecule has 0 spiro atoms. The van der Waals surface area contributed by atoms with Crippen molar-refractivity contribution >= 4 is 33.4 Å². The van der Waals surface area contributed by atoms with Crippen molar-refractivity contribution in [1.82, 2.24) is 14.1 Å². The molecule has 0 aromatic heterocycles. The monoisotopic (exact) mass is 549 g/mol. The van der Waals surface area contributed by atoms with Crippen molar-refractivity contribution in [1.29, 1.82) is 0 Å². The Morgan fingerprint density at radius 1 is 1.08 bits per heavy atom. The molecule has 1 aliphatic rings. The van der Waals surface area contributed by atoms with Crippen molar-refractivity contribution in [2.45, 2.75) is 56.0 Å². The molecule has 1 saturated heterocycles. The van der Waals surface area contributed by atoms with E-state index in [0.29, 0.717) is 44.6 Å². The van der Waals surface area contributed by atoms with Gasteiger partial charge in [-0.25, -0.2) is 8.42 Å². The summed E-state index contributed by atoms with van der Waals surface area (Å²) >= 11 is 5.99. The maximum Gasteiger partial charge on any atom is 0.243 e. The predicted molar refractivity (Wildman–Crippen MR) is 144 cm³/mol. The van der Waals surface area contributed by atoms with Gasteiger partial charge in [0.1, 0.15) is 11.1 Å². The zero-order valence-corrected chi connectivity index (χ0v) is 23.2. The van der Waals surface area contributed by atoms with Crippen LogP contribution in [0.5, 0.6) is 5.75 Å².